The minimum Gasteiger partial charge on any atom is -0.502 e. The third kappa shape index (κ3) is 3.68. The van der Waals surface area contributed by atoms with Gasteiger partial charge < -0.3 is 25.2 Å². The largest absolute Gasteiger partial charge is 0.502 e. The van der Waals surface area contributed by atoms with Crippen LogP contribution in [0.1, 0.15) is 45.0 Å². The third-order valence-corrected chi connectivity index (χ3v) is 5.09. The van der Waals surface area contributed by atoms with Crippen molar-refractivity contribution in [2.75, 3.05) is 21.2 Å². The Morgan fingerprint density at radius 1 is 1.27 bits per heavy atom. The van der Waals surface area contributed by atoms with Crippen LogP contribution in [0.15, 0.2) is 29.1 Å². The van der Waals surface area contributed by atoms with Crippen molar-refractivity contribution >= 4 is 11.8 Å². The van der Waals surface area contributed by atoms with Gasteiger partial charge in [-0.15, -0.1) is 0 Å². The van der Waals surface area contributed by atoms with Crippen LogP contribution in [-0.2, 0) is 11.2 Å². The lowest BCUT2D eigenvalue weighted by atomic mass is 9.95. The second kappa shape index (κ2) is 8.44. The lowest BCUT2D eigenvalue weighted by molar-refractivity contribution is -0.119. The van der Waals surface area contributed by atoms with Gasteiger partial charge >= 0.3 is 0 Å². The molecule has 2 aromatic carbocycles. The maximum atomic E-state index is 12.8. The summed E-state index contributed by atoms with van der Waals surface area (Å²) in [7, 11) is -0.0880. The first-order chi connectivity index (χ1) is 15.5. The van der Waals surface area contributed by atoms with E-state index in [2.05, 4.69) is 10.6 Å². The number of aromatic hydroxyl groups is 1. The number of hydrogen-bond acceptors (Lipinski definition) is 6. The van der Waals surface area contributed by atoms with E-state index in [9.17, 15) is 19.5 Å². The second-order valence-corrected chi connectivity index (χ2v) is 6.89. The third-order valence-electron chi connectivity index (χ3n) is 5.09. The van der Waals surface area contributed by atoms with E-state index in [1.165, 1.54) is 39.3 Å². The quantitative estimate of drug-likeness (QED) is 0.703. The van der Waals surface area contributed by atoms with Crippen molar-refractivity contribution in [3.63, 3.8) is 0 Å². The summed E-state index contributed by atoms with van der Waals surface area (Å²) in [6, 6.07) is 5.03. The summed E-state index contributed by atoms with van der Waals surface area (Å²) in [4.78, 5) is 36.9. The summed E-state index contributed by atoms with van der Waals surface area (Å²) in [5.41, 5.74) is 1.24. The van der Waals surface area contributed by atoms with E-state index in [0.717, 1.165) is 0 Å². The molecule has 0 heterocycles. The average Bonchev–Trinajstić information content (AvgIpc) is 2.96. The van der Waals surface area contributed by atoms with Gasteiger partial charge in [0.15, 0.2) is 16.9 Å². The molecule has 8 heteroatoms. The van der Waals surface area contributed by atoms with E-state index in [1.807, 2.05) is 0 Å². The van der Waals surface area contributed by atoms with Crippen LogP contribution >= 0.6 is 0 Å². The summed E-state index contributed by atoms with van der Waals surface area (Å²) in [5, 5.41) is 16.0. The van der Waals surface area contributed by atoms with Crippen LogP contribution in [0.2, 0.25) is 0 Å². The van der Waals surface area contributed by atoms with Gasteiger partial charge in [0.2, 0.25) is 11.7 Å². The normalized spacial score (nSPS) is 16.5. The van der Waals surface area contributed by atoms with Crippen molar-refractivity contribution < 1.29 is 28.3 Å². The summed E-state index contributed by atoms with van der Waals surface area (Å²) >= 11 is 0. The number of aryl methyl sites for hydroxylation is 1. The highest BCUT2D eigenvalue weighted by molar-refractivity contribution is 5.94. The van der Waals surface area contributed by atoms with Crippen molar-refractivity contribution in [1.82, 2.24) is 10.6 Å². The molecule has 0 spiro atoms. The van der Waals surface area contributed by atoms with Gasteiger partial charge in [-0.2, -0.15) is 0 Å². The zero-order valence-electron chi connectivity index (χ0n) is 19.8. The lowest BCUT2D eigenvalue weighted by Gasteiger charge is -2.18. The molecule has 0 saturated heterocycles. The standard InChI is InChI=1S/C22H24N2O6/c1-11(25)24-16-8-5-12-9-18(29-3)20(27)21(30-4)19(12)13-6-7-14(22(28)23-2)17(26)10-15(13)16/h6-7,9-10,16,27H,5,8H2,1-4H3,(H,23,28)(H,24,25)/i3D3. The Morgan fingerprint density at radius 2 is 2.03 bits per heavy atom. The number of nitrogens with one attached hydrogen (secondary N) is 2. The molecule has 3 N–H and O–H groups in total. The van der Waals surface area contributed by atoms with Gasteiger partial charge in [0.25, 0.3) is 5.91 Å². The zero-order chi connectivity index (χ0) is 24.5. The Balaban J connectivity index is 2.38. The number of ether oxygens (including phenoxy) is 2. The van der Waals surface area contributed by atoms with Crippen molar-refractivity contribution in [3.05, 3.63) is 51.2 Å². The molecule has 1 aliphatic carbocycles. The number of phenols is 1. The molecule has 2 amide bonds. The first-order valence-electron chi connectivity index (χ1n) is 10.8. The molecule has 158 valence electrons. The predicted octanol–water partition coefficient (Wildman–Crippen LogP) is 1.92. The van der Waals surface area contributed by atoms with Crippen LogP contribution in [0.25, 0.3) is 11.1 Å². The number of amides is 2. The molecule has 0 saturated carbocycles. The van der Waals surface area contributed by atoms with Crippen LogP contribution < -0.4 is 25.5 Å². The molecule has 2 aromatic rings. The van der Waals surface area contributed by atoms with Gasteiger partial charge in [0.1, 0.15) is 0 Å². The van der Waals surface area contributed by atoms with Crippen molar-refractivity contribution in [3.8, 4) is 28.4 Å². The molecule has 0 fully saturated rings. The zero-order valence-corrected chi connectivity index (χ0v) is 16.8. The summed E-state index contributed by atoms with van der Waals surface area (Å²) < 4.78 is 32.5. The van der Waals surface area contributed by atoms with Crippen LogP contribution in [0.3, 0.4) is 0 Å². The molecular formula is C22H24N2O6. The molecular weight excluding hydrogens is 388 g/mol. The highest BCUT2D eigenvalue weighted by Gasteiger charge is 2.29. The Labute approximate surface area is 178 Å². The van der Waals surface area contributed by atoms with Gasteiger partial charge in [0.05, 0.1) is 29.9 Å². The van der Waals surface area contributed by atoms with Gasteiger partial charge in [-0.25, -0.2) is 0 Å². The Hall–Kier alpha value is -3.55. The summed E-state index contributed by atoms with van der Waals surface area (Å²) in [6.07, 6.45) is 0.711. The van der Waals surface area contributed by atoms with E-state index in [1.54, 1.807) is 6.07 Å². The second-order valence-electron chi connectivity index (χ2n) is 6.89. The number of methoxy groups -OCH3 is 2. The fraction of sp³-hybridized carbons (Fsp3) is 0.318. The Morgan fingerprint density at radius 3 is 2.67 bits per heavy atom. The number of benzene rings is 1. The monoisotopic (exact) mass is 415 g/mol. The number of carbonyl (C=O) groups is 2. The van der Waals surface area contributed by atoms with Crippen LogP contribution in [-0.4, -0.2) is 38.1 Å². The maximum absolute atomic E-state index is 12.8. The molecule has 0 aliphatic heterocycles. The highest BCUT2D eigenvalue weighted by atomic mass is 16.5. The molecule has 1 unspecified atom stereocenters. The van der Waals surface area contributed by atoms with Crippen molar-refractivity contribution in [1.29, 1.82) is 0 Å². The van der Waals surface area contributed by atoms with Gasteiger partial charge in [-0.3, -0.25) is 14.4 Å². The fourth-order valence-electron chi connectivity index (χ4n) is 3.77. The van der Waals surface area contributed by atoms with Crippen molar-refractivity contribution in [2.24, 2.45) is 0 Å². The molecule has 0 bridgehead atoms. The fourth-order valence-corrected chi connectivity index (χ4v) is 3.77. The average molecular weight is 415 g/mol. The van der Waals surface area contributed by atoms with Gasteiger partial charge in [0, 0.05) is 19.5 Å². The molecule has 1 atom stereocenters. The lowest BCUT2D eigenvalue weighted by Crippen LogP contribution is -2.27. The van der Waals surface area contributed by atoms with Gasteiger partial charge in [-0.1, -0.05) is 6.07 Å². The predicted molar refractivity (Wildman–Crippen MR) is 111 cm³/mol. The molecule has 0 radical (unpaired) electrons. The topological polar surface area (TPSA) is 114 Å². The number of fused-ring (bicyclic) bond motifs is 3. The van der Waals surface area contributed by atoms with Crippen LogP contribution in [0, 0.1) is 0 Å². The number of rotatable bonds is 4. The summed E-state index contributed by atoms with van der Waals surface area (Å²) in [6.45, 7) is 1.35. The van der Waals surface area contributed by atoms with E-state index < -0.39 is 30.2 Å². The highest BCUT2D eigenvalue weighted by Crippen LogP contribution is 2.49. The van der Waals surface area contributed by atoms with E-state index in [4.69, 9.17) is 13.6 Å². The summed E-state index contributed by atoms with van der Waals surface area (Å²) in [5.74, 6) is -1.73. The molecule has 30 heavy (non-hydrogen) atoms. The number of hydrogen-bond donors (Lipinski definition) is 3. The first-order valence-corrected chi connectivity index (χ1v) is 9.26. The SMILES string of the molecule is [2H]C([2H])([2H])Oc1cc2c(c(OC)c1O)-c1ccc(C(=O)NC)c(=O)cc1C(NC(C)=O)CC2. The number of carbonyl (C=O) groups excluding carboxylic acids is 2. The van der Waals surface area contributed by atoms with Crippen LogP contribution in [0.5, 0.6) is 17.2 Å². The van der Waals surface area contributed by atoms with Crippen molar-refractivity contribution in [2.45, 2.75) is 25.8 Å². The molecule has 3 rings (SSSR count). The molecule has 0 aromatic heterocycles. The van der Waals surface area contributed by atoms with E-state index in [0.29, 0.717) is 35.1 Å². The molecule has 1 aliphatic rings. The molecule has 8 nitrogen and oxygen atoms in total. The van der Waals surface area contributed by atoms with Gasteiger partial charge in [-0.05, 0) is 47.7 Å². The van der Waals surface area contributed by atoms with E-state index >= 15 is 0 Å². The maximum Gasteiger partial charge on any atom is 0.254 e. The Kier molecular flexibility index (Phi) is 4.87. The number of phenolic OH excluding ortho intramolecular Hbond substituents is 1. The minimum absolute atomic E-state index is 0.0448. The van der Waals surface area contributed by atoms with Crippen LogP contribution in [0.4, 0.5) is 0 Å². The first kappa shape index (κ1) is 17.3. The van der Waals surface area contributed by atoms with E-state index in [-0.39, 0.29) is 23.0 Å². The Bertz CT molecular complexity index is 1180. The minimum atomic E-state index is -2.80. The smallest absolute Gasteiger partial charge is 0.254 e.